The van der Waals surface area contributed by atoms with Crippen molar-refractivity contribution in [3.05, 3.63) is 11.6 Å². The highest BCUT2D eigenvalue weighted by Gasteiger charge is 2.01. The summed E-state index contributed by atoms with van der Waals surface area (Å²) in [7, 11) is 0. The minimum Gasteiger partial charge on any atom is -0.197 e. The van der Waals surface area contributed by atoms with Gasteiger partial charge in [0.05, 0.1) is 6.20 Å². The zero-order valence-corrected chi connectivity index (χ0v) is 5.67. The first-order valence-corrected chi connectivity index (χ1v) is 3.43. The second-order valence-electron chi connectivity index (χ2n) is 1.65. The summed E-state index contributed by atoms with van der Waals surface area (Å²) in [6.07, 6.45) is 1.61. The van der Waals surface area contributed by atoms with E-state index in [0.29, 0.717) is 0 Å². The van der Waals surface area contributed by atoms with Gasteiger partial charge in [0.25, 0.3) is 0 Å². The van der Waals surface area contributed by atoms with Crippen molar-refractivity contribution >= 4 is 11.5 Å². The molecule has 10 heavy (non-hydrogen) atoms. The fourth-order valence-electron chi connectivity index (χ4n) is 0.601. The lowest BCUT2D eigenvalue weighted by molar-refractivity contribution is 0.940. The maximum atomic E-state index is 3.83. The average Bonchev–Trinajstić information content (AvgIpc) is 2.59. The van der Waals surface area contributed by atoms with E-state index in [1.54, 1.807) is 6.20 Å². The molecule has 0 aliphatic rings. The van der Waals surface area contributed by atoms with Crippen LogP contribution in [0.25, 0.3) is 11.4 Å². The van der Waals surface area contributed by atoms with Crippen LogP contribution in [0.1, 0.15) is 0 Å². The van der Waals surface area contributed by atoms with E-state index >= 15 is 0 Å². The van der Waals surface area contributed by atoms with Gasteiger partial charge in [-0.1, -0.05) is 4.49 Å². The van der Waals surface area contributed by atoms with E-state index in [9.17, 15) is 0 Å². The normalized spacial score (nSPS) is 10.0. The molecule has 0 radical (unpaired) electrons. The molecule has 0 aromatic carbocycles. The van der Waals surface area contributed by atoms with E-state index in [0.717, 1.165) is 11.4 Å². The summed E-state index contributed by atoms with van der Waals surface area (Å²) >= 11 is 1.30. The Morgan fingerprint density at radius 1 is 1.40 bits per heavy atom. The van der Waals surface area contributed by atoms with Gasteiger partial charge in [0.1, 0.15) is 11.4 Å². The van der Waals surface area contributed by atoms with Crippen molar-refractivity contribution in [2.75, 3.05) is 0 Å². The fraction of sp³-hybridized carbons (Fsp3) is 0. The Balaban J connectivity index is 2.48. The van der Waals surface area contributed by atoms with E-state index in [4.69, 9.17) is 0 Å². The second-order valence-corrected chi connectivity index (χ2v) is 2.26. The zero-order valence-electron chi connectivity index (χ0n) is 4.85. The molecule has 0 fully saturated rings. The molecular formula is C4H3N5S. The Bertz CT molecular complexity index is 253. The van der Waals surface area contributed by atoms with E-state index in [1.165, 1.54) is 11.5 Å². The van der Waals surface area contributed by atoms with Crippen LogP contribution in [0.4, 0.5) is 0 Å². The highest BCUT2D eigenvalue weighted by atomic mass is 32.1. The van der Waals surface area contributed by atoms with Crippen LogP contribution >= 0.6 is 11.5 Å². The van der Waals surface area contributed by atoms with Crippen LogP contribution in [0.2, 0.25) is 0 Å². The van der Waals surface area contributed by atoms with Crippen molar-refractivity contribution in [3.8, 4) is 11.4 Å². The molecule has 0 saturated heterocycles. The Kier molecular flexibility index (Phi) is 1.17. The van der Waals surface area contributed by atoms with Crippen LogP contribution in [0.15, 0.2) is 11.6 Å². The van der Waals surface area contributed by atoms with Crippen LogP contribution < -0.4 is 0 Å². The van der Waals surface area contributed by atoms with E-state index in [-0.39, 0.29) is 0 Å². The predicted molar refractivity (Wildman–Crippen MR) is 35.3 cm³/mol. The number of nitrogens with zero attached hydrogens (tertiary/aromatic N) is 4. The summed E-state index contributed by atoms with van der Waals surface area (Å²) in [5.41, 5.74) is 1.49. The summed E-state index contributed by atoms with van der Waals surface area (Å²) < 4.78 is 3.69. The lowest BCUT2D eigenvalue weighted by Gasteiger charge is -1.78. The molecule has 6 heteroatoms. The van der Waals surface area contributed by atoms with Gasteiger partial charge in [-0.05, 0) is 11.5 Å². The van der Waals surface area contributed by atoms with Crippen molar-refractivity contribution in [1.82, 2.24) is 25.0 Å². The summed E-state index contributed by atoms with van der Waals surface area (Å²) in [5, 5.41) is 15.6. The third-order valence-electron chi connectivity index (χ3n) is 1.04. The summed E-state index contributed by atoms with van der Waals surface area (Å²) in [4.78, 5) is 0. The van der Waals surface area contributed by atoms with Crippen molar-refractivity contribution in [3.63, 3.8) is 0 Å². The standard InChI is InChI=1S/C4H3N5S/c1-3(6-8-5-1)4-2-10-9-7-4/h1-2H,(H,5,6,8). The minimum absolute atomic E-state index is 0.730. The third-order valence-corrected chi connectivity index (χ3v) is 1.54. The quantitative estimate of drug-likeness (QED) is 0.640. The number of hydrogen-bond donors (Lipinski definition) is 1. The molecule has 0 aliphatic heterocycles. The molecule has 1 N–H and O–H groups in total. The summed E-state index contributed by atoms with van der Waals surface area (Å²) in [6.45, 7) is 0. The first-order chi connectivity index (χ1) is 4.97. The average molecular weight is 153 g/mol. The third kappa shape index (κ3) is 0.781. The predicted octanol–water partition coefficient (Wildman–Crippen LogP) is 0.323. The molecule has 0 amide bonds. The lowest BCUT2D eigenvalue weighted by atomic mass is 10.4. The van der Waals surface area contributed by atoms with E-state index in [2.05, 4.69) is 25.0 Å². The number of H-pyrrole nitrogens is 1. The van der Waals surface area contributed by atoms with Crippen molar-refractivity contribution < 1.29 is 0 Å². The van der Waals surface area contributed by atoms with Crippen molar-refractivity contribution in [2.24, 2.45) is 0 Å². The Morgan fingerprint density at radius 2 is 2.40 bits per heavy atom. The van der Waals surface area contributed by atoms with Gasteiger partial charge in [-0.3, -0.25) is 0 Å². The van der Waals surface area contributed by atoms with Crippen LogP contribution in [0.5, 0.6) is 0 Å². The first kappa shape index (κ1) is 5.48. The number of nitrogens with one attached hydrogen (secondary N) is 1. The van der Waals surface area contributed by atoms with Crippen molar-refractivity contribution in [1.29, 1.82) is 0 Å². The molecule has 0 bridgehead atoms. The first-order valence-electron chi connectivity index (χ1n) is 2.60. The SMILES string of the molecule is c1snnc1-c1cn[nH]n1. The Hall–Kier alpha value is -1.30. The maximum Gasteiger partial charge on any atom is 0.133 e. The summed E-state index contributed by atoms with van der Waals surface area (Å²) in [6, 6.07) is 0. The highest BCUT2D eigenvalue weighted by molar-refractivity contribution is 7.03. The second kappa shape index (κ2) is 2.14. The lowest BCUT2D eigenvalue weighted by Crippen LogP contribution is -1.76. The van der Waals surface area contributed by atoms with Crippen LogP contribution in [-0.2, 0) is 0 Å². The fourth-order valence-corrected chi connectivity index (χ4v) is 1.05. The molecule has 0 atom stereocenters. The minimum atomic E-state index is 0.730. The van der Waals surface area contributed by atoms with Crippen LogP contribution in [0.3, 0.4) is 0 Å². The molecule has 0 spiro atoms. The van der Waals surface area contributed by atoms with Gasteiger partial charge in [0, 0.05) is 5.38 Å². The molecule has 5 nitrogen and oxygen atoms in total. The van der Waals surface area contributed by atoms with Gasteiger partial charge in [-0.15, -0.1) is 5.10 Å². The van der Waals surface area contributed by atoms with Gasteiger partial charge in [-0.25, -0.2) is 0 Å². The summed E-state index contributed by atoms with van der Waals surface area (Å²) in [5.74, 6) is 0. The van der Waals surface area contributed by atoms with Crippen LogP contribution in [0, 0.1) is 0 Å². The number of rotatable bonds is 1. The molecule has 2 aromatic rings. The number of aromatic nitrogens is 5. The molecule has 50 valence electrons. The molecular weight excluding hydrogens is 150 g/mol. The highest BCUT2D eigenvalue weighted by Crippen LogP contribution is 2.11. The Labute approximate surface area is 60.3 Å². The largest absolute Gasteiger partial charge is 0.197 e. The molecule has 0 aliphatic carbocycles. The maximum absolute atomic E-state index is 3.83. The topological polar surface area (TPSA) is 67.3 Å². The Morgan fingerprint density at radius 3 is 3.00 bits per heavy atom. The van der Waals surface area contributed by atoms with Crippen molar-refractivity contribution in [2.45, 2.75) is 0 Å². The molecule has 2 heterocycles. The van der Waals surface area contributed by atoms with Gasteiger partial charge in [0.15, 0.2) is 0 Å². The van der Waals surface area contributed by atoms with E-state index in [1.807, 2.05) is 5.38 Å². The molecule has 0 saturated carbocycles. The molecule has 2 aromatic heterocycles. The molecule has 2 rings (SSSR count). The monoisotopic (exact) mass is 153 g/mol. The van der Waals surface area contributed by atoms with Gasteiger partial charge >= 0.3 is 0 Å². The number of hydrogen-bond acceptors (Lipinski definition) is 5. The van der Waals surface area contributed by atoms with Gasteiger partial charge in [0.2, 0.25) is 0 Å². The molecule has 0 unspecified atom stereocenters. The smallest absolute Gasteiger partial charge is 0.133 e. The van der Waals surface area contributed by atoms with Gasteiger partial charge < -0.3 is 0 Å². The van der Waals surface area contributed by atoms with Crippen LogP contribution in [-0.4, -0.2) is 25.0 Å². The number of aromatic amines is 1. The van der Waals surface area contributed by atoms with E-state index < -0.39 is 0 Å². The van der Waals surface area contributed by atoms with Gasteiger partial charge in [-0.2, -0.15) is 15.4 Å². The zero-order chi connectivity index (χ0) is 6.81.